The summed E-state index contributed by atoms with van der Waals surface area (Å²) in [6, 6.07) is 7.66. The van der Waals surface area contributed by atoms with E-state index in [4.69, 9.17) is 0 Å². The molecule has 0 saturated heterocycles. The van der Waals surface area contributed by atoms with Gasteiger partial charge in [0.1, 0.15) is 6.29 Å². The third-order valence-corrected chi connectivity index (χ3v) is 3.45. The largest absolute Gasteiger partial charge is 0.298 e. The molecule has 3 nitrogen and oxygen atoms in total. The number of thioether (sulfide) groups is 1. The number of hydrogen-bond acceptors (Lipinski definition) is 3. The van der Waals surface area contributed by atoms with Crippen molar-refractivity contribution >= 4 is 18.0 Å². The quantitative estimate of drug-likeness (QED) is 0.601. The maximum atomic E-state index is 10.5. The number of aromatic nitrogens is 2. The number of carbonyl (C=O) groups excluding carboxylic acids is 1. The molecule has 0 fully saturated rings. The van der Waals surface area contributed by atoms with E-state index in [9.17, 15) is 4.79 Å². The van der Waals surface area contributed by atoms with Crippen molar-refractivity contribution in [3.05, 3.63) is 47.8 Å². The second-order valence-corrected chi connectivity index (χ2v) is 4.98. The van der Waals surface area contributed by atoms with Gasteiger partial charge in [0.15, 0.2) is 0 Å². The Morgan fingerprint density at radius 3 is 2.71 bits per heavy atom. The van der Waals surface area contributed by atoms with Crippen molar-refractivity contribution in [2.45, 2.75) is 11.3 Å². The van der Waals surface area contributed by atoms with Gasteiger partial charge >= 0.3 is 0 Å². The molecule has 0 unspecified atom stereocenters. The fourth-order valence-corrected chi connectivity index (χ4v) is 2.43. The van der Waals surface area contributed by atoms with Crippen molar-refractivity contribution in [3.63, 3.8) is 0 Å². The Hall–Kier alpha value is -1.55. The zero-order valence-electron chi connectivity index (χ0n) is 9.67. The van der Waals surface area contributed by atoms with Crippen LogP contribution in [0.4, 0.5) is 0 Å². The van der Waals surface area contributed by atoms with Gasteiger partial charge in [0.2, 0.25) is 0 Å². The Morgan fingerprint density at radius 2 is 2.12 bits per heavy atom. The summed E-state index contributed by atoms with van der Waals surface area (Å²) in [7, 11) is 1.93. The van der Waals surface area contributed by atoms with E-state index in [2.05, 4.69) is 5.10 Å². The second kappa shape index (κ2) is 5.68. The SMILES string of the molecule is Cn1cc(CCSc2ccc(C=O)cc2)cn1. The van der Waals surface area contributed by atoms with Crippen LogP contribution >= 0.6 is 11.8 Å². The third kappa shape index (κ3) is 3.46. The standard InChI is InChI=1S/C13H14N2OS/c1-15-9-12(8-14-15)6-7-17-13-4-2-11(10-16)3-5-13/h2-5,8-10H,6-7H2,1H3. The molecule has 2 rings (SSSR count). The molecule has 0 radical (unpaired) electrons. The fourth-order valence-electron chi connectivity index (χ4n) is 1.53. The Labute approximate surface area is 105 Å². The fraction of sp³-hybridized carbons (Fsp3) is 0.231. The van der Waals surface area contributed by atoms with Crippen LogP contribution in [0.2, 0.25) is 0 Å². The number of hydrogen-bond donors (Lipinski definition) is 0. The molecule has 4 heteroatoms. The molecule has 0 amide bonds. The lowest BCUT2D eigenvalue weighted by Gasteiger charge is -2.00. The molecule has 1 aromatic heterocycles. The monoisotopic (exact) mass is 246 g/mol. The van der Waals surface area contributed by atoms with Crippen molar-refractivity contribution in [1.82, 2.24) is 9.78 Å². The number of rotatable bonds is 5. The van der Waals surface area contributed by atoms with Crippen LogP contribution in [0.5, 0.6) is 0 Å². The average molecular weight is 246 g/mol. The maximum Gasteiger partial charge on any atom is 0.150 e. The number of carbonyl (C=O) groups is 1. The van der Waals surface area contributed by atoms with Crippen molar-refractivity contribution in [2.24, 2.45) is 7.05 Å². The van der Waals surface area contributed by atoms with Crippen LogP contribution in [0.3, 0.4) is 0 Å². The molecule has 0 atom stereocenters. The molecule has 2 aromatic rings. The first kappa shape index (κ1) is 11.9. The van der Waals surface area contributed by atoms with Gasteiger partial charge in [-0.1, -0.05) is 12.1 Å². The zero-order valence-corrected chi connectivity index (χ0v) is 10.5. The molecular formula is C13H14N2OS. The lowest BCUT2D eigenvalue weighted by atomic mass is 10.2. The molecular weight excluding hydrogens is 232 g/mol. The van der Waals surface area contributed by atoms with Crippen LogP contribution in [0.15, 0.2) is 41.6 Å². The summed E-state index contributed by atoms with van der Waals surface area (Å²) in [5.74, 6) is 1.02. The number of benzene rings is 1. The lowest BCUT2D eigenvalue weighted by Crippen LogP contribution is -1.87. The van der Waals surface area contributed by atoms with Gasteiger partial charge in [-0.2, -0.15) is 5.10 Å². The van der Waals surface area contributed by atoms with Gasteiger partial charge in [0, 0.05) is 29.5 Å². The number of aldehydes is 1. The van der Waals surface area contributed by atoms with Crippen LogP contribution in [0, 0.1) is 0 Å². The van der Waals surface area contributed by atoms with Crippen molar-refractivity contribution in [2.75, 3.05) is 5.75 Å². The molecule has 0 aliphatic heterocycles. The summed E-state index contributed by atoms with van der Waals surface area (Å²) in [4.78, 5) is 11.7. The van der Waals surface area contributed by atoms with E-state index in [1.54, 1.807) is 11.8 Å². The van der Waals surface area contributed by atoms with Gasteiger partial charge in [-0.15, -0.1) is 11.8 Å². The minimum Gasteiger partial charge on any atom is -0.298 e. The van der Waals surface area contributed by atoms with E-state index in [-0.39, 0.29) is 0 Å². The first-order valence-corrected chi connectivity index (χ1v) is 6.42. The van der Waals surface area contributed by atoms with Gasteiger partial charge in [-0.25, -0.2) is 0 Å². The van der Waals surface area contributed by atoms with E-state index in [0.29, 0.717) is 0 Å². The second-order valence-electron chi connectivity index (χ2n) is 3.81. The predicted molar refractivity (Wildman–Crippen MR) is 69.5 cm³/mol. The smallest absolute Gasteiger partial charge is 0.150 e. The number of nitrogens with zero attached hydrogens (tertiary/aromatic N) is 2. The Kier molecular flexibility index (Phi) is 3.98. The molecule has 0 saturated carbocycles. The molecule has 1 heterocycles. The molecule has 0 spiro atoms. The molecule has 0 bridgehead atoms. The lowest BCUT2D eigenvalue weighted by molar-refractivity contribution is 0.112. The Bertz CT molecular complexity index is 490. The topological polar surface area (TPSA) is 34.9 Å². The van der Waals surface area contributed by atoms with Crippen molar-refractivity contribution < 1.29 is 4.79 Å². The average Bonchev–Trinajstić information content (AvgIpc) is 2.76. The minimum atomic E-state index is 0.724. The third-order valence-electron chi connectivity index (χ3n) is 2.43. The molecule has 0 aliphatic carbocycles. The molecule has 0 aliphatic rings. The summed E-state index contributed by atoms with van der Waals surface area (Å²) in [6.07, 6.45) is 5.81. The van der Waals surface area contributed by atoms with E-state index >= 15 is 0 Å². The van der Waals surface area contributed by atoms with Crippen LogP contribution in [-0.2, 0) is 13.5 Å². The first-order valence-electron chi connectivity index (χ1n) is 5.43. The van der Waals surface area contributed by atoms with Crippen LogP contribution in [0.25, 0.3) is 0 Å². The van der Waals surface area contributed by atoms with Crippen molar-refractivity contribution in [1.29, 1.82) is 0 Å². The van der Waals surface area contributed by atoms with Gasteiger partial charge in [0.25, 0.3) is 0 Å². The Morgan fingerprint density at radius 1 is 1.35 bits per heavy atom. The van der Waals surface area contributed by atoms with Crippen LogP contribution in [-0.4, -0.2) is 21.8 Å². The summed E-state index contributed by atoms with van der Waals surface area (Å²) in [5, 5.41) is 4.13. The molecule has 1 aromatic carbocycles. The first-order chi connectivity index (χ1) is 8.28. The minimum absolute atomic E-state index is 0.724. The highest BCUT2D eigenvalue weighted by Crippen LogP contribution is 2.19. The zero-order chi connectivity index (χ0) is 12.1. The van der Waals surface area contributed by atoms with Crippen LogP contribution < -0.4 is 0 Å². The highest BCUT2D eigenvalue weighted by atomic mass is 32.2. The van der Waals surface area contributed by atoms with E-state index in [0.717, 1.165) is 24.0 Å². The number of aryl methyl sites for hydroxylation is 2. The Balaban J connectivity index is 1.83. The van der Waals surface area contributed by atoms with E-state index in [1.165, 1.54) is 10.5 Å². The van der Waals surface area contributed by atoms with Gasteiger partial charge in [0.05, 0.1) is 6.20 Å². The van der Waals surface area contributed by atoms with Gasteiger partial charge in [-0.05, 0) is 24.1 Å². The van der Waals surface area contributed by atoms with E-state index in [1.807, 2.05) is 48.4 Å². The maximum absolute atomic E-state index is 10.5. The van der Waals surface area contributed by atoms with Gasteiger partial charge < -0.3 is 0 Å². The summed E-state index contributed by atoms with van der Waals surface area (Å²) in [5.41, 5.74) is 1.98. The summed E-state index contributed by atoms with van der Waals surface area (Å²) >= 11 is 1.79. The highest BCUT2D eigenvalue weighted by molar-refractivity contribution is 7.99. The summed E-state index contributed by atoms with van der Waals surface area (Å²) < 4.78 is 1.82. The van der Waals surface area contributed by atoms with Crippen LogP contribution in [0.1, 0.15) is 15.9 Å². The molecule has 88 valence electrons. The molecule has 17 heavy (non-hydrogen) atoms. The van der Waals surface area contributed by atoms with Gasteiger partial charge in [-0.3, -0.25) is 9.48 Å². The van der Waals surface area contributed by atoms with E-state index < -0.39 is 0 Å². The normalized spacial score (nSPS) is 10.4. The van der Waals surface area contributed by atoms with Crippen molar-refractivity contribution in [3.8, 4) is 0 Å². The summed E-state index contributed by atoms with van der Waals surface area (Å²) in [6.45, 7) is 0. The predicted octanol–water partition coefficient (Wildman–Crippen LogP) is 2.57. The highest BCUT2D eigenvalue weighted by Gasteiger charge is 1.98. The molecule has 0 N–H and O–H groups in total.